The number of aliphatic hydroxyl groups excluding tert-OH is 1. The van der Waals surface area contributed by atoms with Crippen LogP contribution in [0.3, 0.4) is 0 Å². The van der Waals surface area contributed by atoms with Crippen LogP contribution in [0.2, 0.25) is 0 Å². The second kappa shape index (κ2) is 6.58. The van der Waals surface area contributed by atoms with Gasteiger partial charge in [-0.3, -0.25) is 0 Å². The van der Waals surface area contributed by atoms with Crippen molar-refractivity contribution in [1.29, 1.82) is 0 Å². The van der Waals surface area contributed by atoms with Gasteiger partial charge in [-0.15, -0.1) is 0 Å². The summed E-state index contributed by atoms with van der Waals surface area (Å²) in [5.41, 5.74) is 0. The number of likely N-dealkylation sites (N-methyl/N-ethyl adjacent to an activating group) is 1. The Hall–Kier alpha value is -0.870. The fourth-order valence-corrected chi connectivity index (χ4v) is 1.56. The number of aryl methyl sites for hydroxylation is 1. The van der Waals surface area contributed by atoms with Gasteiger partial charge in [-0.25, -0.2) is 4.98 Å². The lowest BCUT2D eigenvalue weighted by atomic mass is 10.3. The predicted octanol–water partition coefficient (Wildman–Crippen LogP) is 0.806. The van der Waals surface area contributed by atoms with Gasteiger partial charge in [0.05, 0.1) is 12.6 Å². The molecule has 0 radical (unpaired) electrons. The van der Waals surface area contributed by atoms with E-state index in [1.165, 1.54) is 0 Å². The first-order valence-corrected chi connectivity index (χ1v) is 5.66. The maximum Gasteiger partial charge on any atom is 0.108 e. The molecular formula is C11H21N3O. The summed E-state index contributed by atoms with van der Waals surface area (Å²) < 4.78 is 2.03. The lowest BCUT2D eigenvalue weighted by Crippen LogP contribution is -2.30. The Morgan fingerprint density at radius 2 is 2.33 bits per heavy atom. The number of rotatable bonds is 7. The van der Waals surface area contributed by atoms with Gasteiger partial charge in [0.1, 0.15) is 5.82 Å². The molecule has 86 valence electrons. The Kier molecular flexibility index (Phi) is 5.36. The third-order valence-electron chi connectivity index (χ3n) is 2.31. The first kappa shape index (κ1) is 12.2. The van der Waals surface area contributed by atoms with Crippen LogP contribution < -0.4 is 5.32 Å². The fraction of sp³-hybridized carbons (Fsp3) is 0.727. The average molecular weight is 211 g/mol. The summed E-state index contributed by atoms with van der Waals surface area (Å²) >= 11 is 0. The monoisotopic (exact) mass is 211 g/mol. The fourth-order valence-electron chi connectivity index (χ4n) is 1.56. The molecule has 15 heavy (non-hydrogen) atoms. The third kappa shape index (κ3) is 4.01. The molecule has 2 N–H and O–H groups in total. The van der Waals surface area contributed by atoms with E-state index < -0.39 is 0 Å². The lowest BCUT2D eigenvalue weighted by molar-refractivity contribution is 0.151. The number of imidazole rings is 1. The van der Waals surface area contributed by atoms with E-state index in [9.17, 15) is 5.11 Å². The van der Waals surface area contributed by atoms with Crippen molar-refractivity contribution in [1.82, 2.24) is 14.9 Å². The second-order valence-electron chi connectivity index (χ2n) is 3.71. The molecule has 0 saturated carbocycles. The van der Waals surface area contributed by atoms with Crippen LogP contribution in [0.25, 0.3) is 0 Å². The molecule has 4 nitrogen and oxygen atoms in total. The summed E-state index contributed by atoms with van der Waals surface area (Å²) in [6, 6.07) is 0. The Morgan fingerprint density at radius 3 is 3.00 bits per heavy atom. The van der Waals surface area contributed by atoms with Gasteiger partial charge in [0.2, 0.25) is 0 Å². The van der Waals surface area contributed by atoms with Gasteiger partial charge in [0.15, 0.2) is 0 Å². The smallest absolute Gasteiger partial charge is 0.108 e. The molecule has 0 fully saturated rings. The van der Waals surface area contributed by atoms with Crippen LogP contribution in [0.4, 0.5) is 0 Å². The minimum absolute atomic E-state index is 0.338. The van der Waals surface area contributed by atoms with E-state index in [1.54, 1.807) is 6.20 Å². The van der Waals surface area contributed by atoms with E-state index >= 15 is 0 Å². The maximum atomic E-state index is 9.73. The standard InChI is InChI=1S/C11H21N3O/c1-3-5-11-13-6-7-14(11)9-10(15)8-12-4-2/h6-7,10,12,15H,3-5,8-9H2,1-2H3. The zero-order valence-corrected chi connectivity index (χ0v) is 9.61. The van der Waals surface area contributed by atoms with Crippen molar-refractivity contribution < 1.29 is 5.11 Å². The van der Waals surface area contributed by atoms with Gasteiger partial charge in [0.25, 0.3) is 0 Å². The predicted molar refractivity (Wildman–Crippen MR) is 60.8 cm³/mol. The van der Waals surface area contributed by atoms with Crippen LogP contribution in [-0.2, 0) is 13.0 Å². The Morgan fingerprint density at radius 1 is 1.53 bits per heavy atom. The lowest BCUT2D eigenvalue weighted by Gasteiger charge is -2.13. The molecule has 1 aromatic heterocycles. The van der Waals surface area contributed by atoms with Gasteiger partial charge in [-0.05, 0) is 13.0 Å². The maximum absolute atomic E-state index is 9.73. The van der Waals surface area contributed by atoms with E-state index in [-0.39, 0.29) is 6.10 Å². The van der Waals surface area contributed by atoms with Gasteiger partial charge in [-0.2, -0.15) is 0 Å². The highest BCUT2D eigenvalue weighted by molar-refractivity contribution is 4.92. The zero-order chi connectivity index (χ0) is 11.1. The molecule has 1 atom stereocenters. The molecule has 0 spiro atoms. The summed E-state index contributed by atoms with van der Waals surface area (Å²) in [5.74, 6) is 1.06. The second-order valence-corrected chi connectivity index (χ2v) is 3.71. The number of nitrogens with zero attached hydrogens (tertiary/aromatic N) is 2. The van der Waals surface area contributed by atoms with E-state index in [1.807, 2.05) is 17.7 Å². The summed E-state index contributed by atoms with van der Waals surface area (Å²) in [6.07, 6.45) is 5.45. The van der Waals surface area contributed by atoms with Crippen molar-refractivity contribution in [3.05, 3.63) is 18.2 Å². The summed E-state index contributed by atoms with van der Waals surface area (Å²) in [7, 11) is 0. The molecule has 0 aliphatic rings. The SMILES string of the molecule is CCCc1nccn1CC(O)CNCC. The average Bonchev–Trinajstić information content (AvgIpc) is 2.63. The largest absolute Gasteiger partial charge is 0.390 e. The molecule has 1 rings (SSSR count). The summed E-state index contributed by atoms with van der Waals surface area (Å²) in [6.45, 7) is 6.33. The van der Waals surface area contributed by atoms with Crippen LogP contribution in [0.1, 0.15) is 26.1 Å². The number of hydrogen-bond donors (Lipinski definition) is 2. The summed E-state index contributed by atoms with van der Waals surface area (Å²) in [4.78, 5) is 4.27. The van der Waals surface area contributed by atoms with E-state index in [4.69, 9.17) is 0 Å². The van der Waals surface area contributed by atoms with Crippen LogP contribution >= 0.6 is 0 Å². The highest BCUT2D eigenvalue weighted by atomic mass is 16.3. The van der Waals surface area contributed by atoms with E-state index in [0.29, 0.717) is 13.1 Å². The highest BCUT2D eigenvalue weighted by Gasteiger charge is 2.07. The number of nitrogens with one attached hydrogen (secondary N) is 1. The van der Waals surface area contributed by atoms with Crippen LogP contribution in [0, 0.1) is 0 Å². The molecule has 0 bridgehead atoms. The molecule has 0 saturated heterocycles. The highest BCUT2D eigenvalue weighted by Crippen LogP contribution is 2.02. The van der Waals surface area contributed by atoms with Crippen molar-refractivity contribution in [2.45, 2.75) is 39.3 Å². The Balaban J connectivity index is 2.44. The van der Waals surface area contributed by atoms with Crippen molar-refractivity contribution in [3.63, 3.8) is 0 Å². The normalized spacial score (nSPS) is 13.0. The Labute approximate surface area is 91.3 Å². The molecule has 0 aliphatic carbocycles. The van der Waals surface area contributed by atoms with Gasteiger partial charge >= 0.3 is 0 Å². The number of hydrogen-bond acceptors (Lipinski definition) is 3. The minimum Gasteiger partial charge on any atom is -0.390 e. The van der Waals surface area contributed by atoms with Gasteiger partial charge < -0.3 is 15.0 Å². The molecule has 1 aromatic rings. The van der Waals surface area contributed by atoms with Crippen LogP contribution in [-0.4, -0.2) is 33.9 Å². The van der Waals surface area contributed by atoms with E-state index in [2.05, 4.69) is 17.2 Å². The molecule has 1 heterocycles. The van der Waals surface area contributed by atoms with Gasteiger partial charge in [0, 0.05) is 25.4 Å². The number of aliphatic hydroxyl groups is 1. The summed E-state index contributed by atoms with van der Waals surface area (Å²) in [5, 5.41) is 12.9. The van der Waals surface area contributed by atoms with Crippen molar-refractivity contribution in [2.24, 2.45) is 0 Å². The molecule has 0 aliphatic heterocycles. The molecular weight excluding hydrogens is 190 g/mol. The topological polar surface area (TPSA) is 50.1 Å². The first-order valence-electron chi connectivity index (χ1n) is 5.66. The van der Waals surface area contributed by atoms with Gasteiger partial charge in [-0.1, -0.05) is 13.8 Å². The molecule has 0 aromatic carbocycles. The molecule has 1 unspecified atom stereocenters. The number of aromatic nitrogens is 2. The van der Waals surface area contributed by atoms with Crippen LogP contribution in [0.15, 0.2) is 12.4 Å². The minimum atomic E-state index is -0.338. The first-order chi connectivity index (χ1) is 7.27. The van der Waals surface area contributed by atoms with Crippen molar-refractivity contribution >= 4 is 0 Å². The third-order valence-corrected chi connectivity index (χ3v) is 2.31. The van der Waals surface area contributed by atoms with Crippen molar-refractivity contribution in [3.8, 4) is 0 Å². The van der Waals surface area contributed by atoms with Crippen molar-refractivity contribution in [2.75, 3.05) is 13.1 Å². The Bertz CT molecular complexity index is 273. The quantitative estimate of drug-likeness (QED) is 0.701. The molecule has 0 amide bonds. The zero-order valence-electron chi connectivity index (χ0n) is 9.61. The van der Waals surface area contributed by atoms with Crippen LogP contribution in [0.5, 0.6) is 0 Å². The molecule has 4 heteroatoms. The van der Waals surface area contributed by atoms with E-state index in [0.717, 1.165) is 25.2 Å².